The summed E-state index contributed by atoms with van der Waals surface area (Å²) < 4.78 is 5.91. The SMILES string of the molecule is CCN[C@H]1C[C@H](Oc2ccc(CC(=O)C(C)C)cc2)C1. The topological polar surface area (TPSA) is 38.3 Å². The zero-order valence-corrected chi connectivity index (χ0v) is 12.7. The Morgan fingerprint density at radius 1 is 1.30 bits per heavy atom. The first-order chi connectivity index (χ1) is 9.58. The molecular weight excluding hydrogens is 250 g/mol. The first-order valence-corrected chi connectivity index (χ1v) is 7.60. The zero-order valence-electron chi connectivity index (χ0n) is 12.7. The number of carbonyl (C=O) groups is 1. The monoisotopic (exact) mass is 275 g/mol. The lowest BCUT2D eigenvalue weighted by Gasteiger charge is -2.35. The predicted octanol–water partition coefficient (Wildman–Crippen LogP) is 2.97. The third-order valence-corrected chi connectivity index (χ3v) is 3.84. The van der Waals surface area contributed by atoms with Crippen molar-refractivity contribution in [2.75, 3.05) is 6.54 Å². The van der Waals surface area contributed by atoms with Crippen LogP contribution in [0.5, 0.6) is 5.75 Å². The van der Waals surface area contributed by atoms with Gasteiger partial charge in [-0.05, 0) is 37.1 Å². The fourth-order valence-corrected chi connectivity index (χ4v) is 2.40. The van der Waals surface area contributed by atoms with Gasteiger partial charge in [-0.15, -0.1) is 0 Å². The second kappa shape index (κ2) is 6.89. The summed E-state index contributed by atoms with van der Waals surface area (Å²) in [6, 6.07) is 8.56. The molecule has 1 aliphatic carbocycles. The minimum atomic E-state index is 0.101. The Morgan fingerprint density at radius 2 is 1.95 bits per heavy atom. The number of hydrogen-bond acceptors (Lipinski definition) is 3. The summed E-state index contributed by atoms with van der Waals surface area (Å²) in [4.78, 5) is 11.7. The van der Waals surface area contributed by atoms with E-state index < -0.39 is 0 Å². The summed E-state index contributed by atoms with van der Waals surface area (Å²) in [6.45, 7) is 7.04. The van der Waals surface area contributed by atoms with Gasteiger partial charge in [-0.25, -0.2) is 0 Å². The molecule has 0 heterocycles. The van der Waals surface area contributed by atoms with Crippen LogP contribution in [-0.4, -0.2) is 24.5 Å². The molecule has 1 aliphatic rings. The zero-order chi connectivity index (χ0) is 14.5. The van der Waals surface area contributed by atoms with E-state index in [9.17, 15) is 4.79 Å². The van der Waals surface area contributed by atoms with E-state index in [1.54, 1.807) is 0 Å². The van der Waals surface area contributed by atoms with Gasteiger partial charge in [0, 0.05) is 18.4 Å². The third kappa shape index (κ3) is 4.07. The smallest absolute Gasteiger partial charge is 0.139 e. The van der Waals surface area contributed by atoms with E-state index in [0.717, 1.165) is 30.7 Å². The van der Waals surface area contributed by atoms with Gasteiger partial charge in [-0.3, -0.25) is 4.79 Å². The lowest BCUT2D eigenvalue weighted by atomic mass is 9.89. The molecule has 0 amide bonds. The van der Waals surface area contributed by atoms with Crippen molar-refractivity contribution in [2.45, 2.75) is 52.2 Å². The molecule has 3 heteroatoms. The van der Waals surface area contributed by atoms with Gasteiger partial charge < -0.3 is 10.1 Å². The molecule has 0 bridgehead atoms. The summed E-state index contributed by atoms with van der Waals surface area (Å²) >= 11 is 0. The van der Waals surface area contributed by atoms with Gasteiger partial charge in [0.25, 0.3) is 0 Å². The predicted molar refractivity (Wildman–Crippen MR) is 81.1 cm³/mol. The molecule has 0 saturated heterocycles. The van der Waals surface area contributed by atoms with Crippen LogP contribution in [0.4, 0.5) is 0 Å². The van der Waals surface area contributed by atoms with E-state index in [2.05, 4.69) is 12.2 Å². The molecule has 0 atom stereocenters. The van der Waals surface area contributed by atoms with Crippen molar-refractivity contribution in [3.63, 3.8) is 0 Å². The van der Waals surface area contributed by atoms with Gasteiger partial charge in [-0.2, -0.15) is 0 Å². The normalized spacial score (nSPS) is 21.6. The molecule has 1 aromatic rings. The number of hydrogen-bond donors (Lipinski definition) is 1. The molecule has 110 valence electrons. The van der Waals surface area contributed by atoms with Crippen molar-refractivity contribution >= 4 is 5.78 Å². The maximum Gasteiger partial charge on any atom is 0.139 e. The van der Waals surface area contributed by atoms with Crippen molar-refractivity contribution in [3.8, 4) is 5.75 Å². The van der Waals surface area contributed by atoms with Crippen LogP contribution in [-0.2, 0) is 11.2 Å². The van der Waals surface area contributed by atoms with Crippen LogP contribution in [0, 0.1) is 5.92 Å². The van der Waals surface area contributed by atoms with Crippen LogP contribution in [0.15, 0.2) is 24.3 Å². The molecule has 20 heavy (non-hydrogen) atoms. The van der Waals surface area contributed by atoms with Crippen LogP contribution in [0.1, 0.15) is 39.2 Å². The van der Waals surface area contributed by atoms with Crippen molar-refractivity contribution in [2.24, 2.45) is 5.92 Å². The fraction of sp³-hybridized carbons (Fsp3) is 0.588. The lowest BCUT2D eigenvalue weighted by Crippen LogP contribution is -2.46. The summed E-state index contributed by atoms with van der Waals surface area (Å²) in [5.74, 6) is 1.29. The standard InChI is InChI=1S/C17H25NO2/c1-4-18-14-10-16(11-14)20-15-7-5-13(6-8-15)9-17(19)12(2)3/h5-8,12,14,16,18H,4,9-11H2,1-3H3/t14-,16-. The van der Waals surface area contributed by atoms with E-state index >= 15 is 0 Å². The molecule has 3 nitrogen and oxygen atoms in total. The Morgan fingerprint density at radius 3 is 2.50 bits per heavy atom. The first kappa shape index (κ1) is 15.0. The Hall–Kier alpha value is -1.35. The average molecular weight is 275 g/mol. The summed E-state index contributed by atoms with van der Waals surface area (Å²) in [6.07, 6.45) is 3.02. The van der Waals surface area contributed by atoms with Gasteiger partial charge in [0.05, 0.1) is 0 Å². The van der Waals surface area contributed by atoms with Crippen molar-refractivity contribution < 1.29 is 9.53 Å². The quantitative estimate of drug-likeness (QED) is 0.831. The largest absolute Gasteiger partial charge is 0.490 e. The van der Waals surface area contributed by atoms with Crippen LogP contribution in [0.25, 0.3) is 0 Å². The number of ketones is 1. The molecule has 1 N–H and O–H groups in total. The van der Waals surface area contributed by atoms with Gasteiger partial charge in [0.1, 0.15) is 17.6 Å². The molecule has 1 fully saturated rings. The highest BCUT2D eigenvalue weighted by Gasteiger charge is 2.29. The van der Waals surface area contributed by atoms with Gasteiger partial charge in [0.2, 0.25) is 0 Å². The Bertz CT molecular complexity index is 433. The van der Waals surface area contributed by atoms with Crippen LogP contribution in [0.3, 0.4) is 0 Å². The summed E-state index contributed by atoms with van der Waals surface area (Å²) in [5.41, 5.74) is 1.06. The number of ether oxygens (including phenoxy) is 1. The summed E-state index contributed by atoms with van der Waals surface area (Å²) in [5, 5.41) is 3.42. The van der Waals surface area contributed by atoms with E-state index in [0.29, 0.717) is 18.6 Å². The molecular formula is C17H25NO2. The molecule has 0 aliphatic heterocycles. The highest BCUT2D eigenvalue weighted by atomic mass is 16.5. The van der Waals surface area contributed by atoms with E-state index in [1.165, 1.54) is 0 Å². The van der Waals surface area contributed by atoms with Crippen LogP contribution < -0.4 is 10.1 Å². The van der Waals surface area contributed by atoms with Crippen molar-refractivity contribution in [3.05, 3.63) is 29.8 Å². The molecule has 0 radical (unpaired) electrons. The fourth-order valence-electron chi connectivity index (χ4n) is 2.40. The van der Waals surface area contributed by atoms with E-state index in [-0.39, 0.29) is 11.7 Å². The maximum atomic E-state index is 11.7. The number of nitrogens with one attached hydrogen (secondary N) is 1. The van der Waals surface area contributed by atoms with Gasteiger partial charge in [0.15, 0.2) is 0 Å². The van der Waals surface area contributed by atoms with E-state index in [4.69, 9.17) is 4.74 Å². The van der Waals surface area contributed by atoms with Crippen molar-refractivity contribution in [1.29, 1.82) is 0 Å². The molecule has 0 aromatic heterocycles. The average Bonchev–Trinajstić information content (AvgIpc) is 2.38. The highest BCUT2D eigenvalue weighted by Crippen LogP contribution is 2.26. The Balaban J connectivity index is 1.79. The maximum absolute atomic E-state index is 11.7. The second-order valence-corrected chi connectivity index (χ2v) is 5.91. The second-order valence-electron chi connectivity index (χ2n) is 5.91. The highest BCUT2D eigenvalue weighted by molar-refractivity contribution is 5.82. The molecule has 0 spiro atoms. The molecule has 1 aromatic carbocycles. The number of carbonyl (C=O) groups excluding carboxylic acids is 1. The van der Waals surface area contributed by atoms with Gasteiger partial charge >= 0.3 is 0 Å². The van der Waals surface area contributed by atoms with Crippen LogP contribution in [0.2, 0.25) is 0 Å². The number of Topliss-reactive ketones (excluding diaryl/α,β-unsaturated/α-hetero) is 1. The minimum absolute atomic E-state index is 0.101. The summed E-state index contributed by atoms with van der Waals surface area (Å²) in [7, 11) is 0. The molecule has 0 unspecified atom stereocenters. The molecule has 2 rings (SSSR count). The third-order valence-electron chi connectivity index (χ3n) is 3.84. The molecule has 1 saturated carbocycles. The van der Waals surface area contributed by atoms with Gasteiger partial charge in [-0.1, -0.05) is 32.9 Å². The minimum Gasteiger partial charge on any atom is -0.490 e. The Labute approximate surface area is 121 Å². The Kier molecular flexibility index (Phi) is 5.18. The number of benzene rings is 1. The van der Waals surface area contributed by atoms with E-state index in [1.807, 2.05) is 38.1 Å². The first-order valence-electron chi connectivity index (χ1n) is 7.60. The van der Waals surface area contributed by atoms with Crippen LogP contribution >= 0.6 is 0 Å². The number of rotatable bonds is 7. The lowest BCUT2D eigenvalue weighted by molar-refractivity contribution is -0.121. The van der Waals surface area contributed by atoms with Crippen molar-refractivity contribution in [1.82, 2.24) is 5.32 Å².